The fourth-order valence-electron chi connectivity index (χ4n) is 3.72. The van der Waals surface area contributed by atoms with Gasteiger partial charge in [0.15, 0.2) is 0 Å². The maximum Gasteiger partial charge on any atom is 0.264 e. The molecule has 1 fully saturated rings. The lowest BCUT2D eigenvalue weighted by molar-refractivity contribution is -0.128. The zero-order valence-corrected chi connectivity index (χ0v) is 20.9. The van der Waals surface area contributed by atoms with Crippen LogP contribution in [0.5, 0.6) is 0 Å². The molecule has 4 aromatic rings. The topological polar surface area (TPSA) is 134 Å². The van der Waals surface area contributed by atoms with Crippen molar-refractivity contribution < 1.29 is 22.4 Å². The number of hydrogen-bond acceptors (Lipinski definition) is 8. The van der Waals surface area contributed by atoms with Crippen LogP contribution in [0.15, 0.2) is 94.7 Å². The van der Waals surface area contributed by atoms with Gasteiger partial charge in [0.1, 0.15) is 11.1 Å². The van der Waals surface area contributed by atoms with Gasteiger partial charge in [0.2, 0.25) is 11.9 Å². The van der Waals surface area contributed by atoms with Gasteiger partial charge in [-0.25, -0.2) is 23.1 Å². The number of nitrogens with zero attached hydrogens (tertiary/aromatic N) is 3. The molecule has 12 heteroatoms. The molecule has 0 saturated carbocycles. The molecule has 1 aliphatic heterocycles. The van der Waals surface area contributed by atoms with Gasteiger partial charge in [-0.15, -0.1) is 11.8 Å². The Morgan fingerprint density at radius 2 is 1.76 bits per heavy atom. The van der Waals surface area contributed by atoms with Crippen molar-refractivity contribution in [1.82, 2.24) is 14.9 Å². The maximum atomic E-state index is 12.8. The number of thioether (sulfide) groups is 1. The first-order chi connectivity index (χ1) is 17.9. The largest absolute Gasteiger partial charge is 0.467 e. The first-order valence-corrected chi connectivity index (χ1v) is 13.7. The summed E-state index contributed by atoms with van der Waals surface area (Å²) in [5, 5.41) is 2.59. The minimum atomic E-state index is -3.87. The summed E-state index contributed by atoms with van der Waals surface area (Å²) < 4.78 is 32.7. The highest BCUT2D eigenvalue weighted by atomic mass is 32.2. The van der Waals surface area contributed by atoms with E-state index in [4.69, 9.17) is 4.42 Å². The van der Waals surface area contributed by atoms with Crippen molar-refractivity contribution in [2.75, 3.05) is 15.8 Å². The van der Waals surface area contributed by atoms with Gasteiger partial charge in [-0.3, -0.25) is 9.59 Å². The highest BCUT2D eigenvalue weighted by molar-refractivity contribution is 8.00. The summed E-state index contributed by atoms with van der Waals surface area (Å²) in [6.07, 6.45) is 4.44. The van der Waals surface area contributed by atoms with Gasteiger partial charge in [-0.1, -0.05) is 12.1 Å². The van der Waals surface area contributed by atoms with Crippen molar-refractivity contribution in [3.8, 4) is 0 Å². The van der Waals surface area contributed by atoms with Crippen LogP contribution in [0, 0.1) is 0 Å². The average molecular weight is 536 g/mol. The van der Waals surface area contributed by atoms with Crippen molar-refractivity contribution in [1.29, 1.82) is 0 Å². The van der Waals surface area contributed by atoms with E-state index in [1.165, 1.54) is 48.4 Å². The summed E-state index contributed by atoms with van der Waals surface area (Å²) in [7, 11) is -3.87. The number of nitrogens with one attached hydrogen (secondary N) is 2. The lowest BCUT2D eigenvalue weighted by atomic mass is 10.1. The van der Waals surface area contributed by atoms with Crippen LogP contribution in [0.25, 0.3) is 0 Å². The number of benzene rings is 2. The second kappa shape index (κ2) is 10.4. The van der Waals surface area contributed by atoms with Crippen molar-refractivity contribution in [2.24, 2.45) is 0 Å². The third-order valence-electron chi connectivity index (χ3n) is 5.55. The Labute approximate surface area is 217 Å². The van der Waals surface area contributed by atoms with Crippen molar-refractivity contribution in [3.63, 3.8) is 0 Å². The summed E-state index contributed by atoms with van der Waals surface area (Å²) in [6.45, 7) is 0.380. The third kappa shape index (κ3) is 5.65. The second-order valence-electron chi connectivity index (χ2n) is 8.04. The highest BCUT2D eigenvalue weighted by Crippen LogP contribution is 2.39. The number of furan rings is 1. The lowest BCUT2D eigenvalue weighted by Crippen LogP contribution is -2.27. The molecule has 1 saturated heterocycles. The Hall–Kier alpha value is -4.16. The minimum absolute atomic E-state index is 0.00465. The monoisotopic (exact) mass is 535 g/mol. The molecule has 0 radical (unpaired) electrons. The number of carbonyl (C=O) groups excluding carboxylic acids is 2. The van der Waals surface area contributed by atoms with Crippen molar-refractivity contribution in [2.45, 2.75) is 16.8 Å². The molecule has 10 nitrogen and oxygen atoms in total. The molecule has 0 spiro atoms. The fourth-order valence-corrected chi connectivity index (χ4v) is 5.87. The van der Waals surface area contributed by atoms with E-state index in [1.54, 1.807) is 35.4 Å². The first-order valence-electron chi connectivity index (χ1n) is 11.1. The molecular weight excluding hydrogens is 514 g/mol. The van der Waals surface area contributed by atoms with E-state index < -0.39 is 10.0 Å². The molecule has 1 aliphatic rings. The van der Waals surface area contributed by atoms with Gasteiger partial charge in [-0.05, 0) is 60.2 Å². The zero-order valence-electron chi connectivity index (χ0n) is 19.3. The summed E-state index contributed by atoms with van der Waals surface area (Å²) in [4.78, 5) is 34.6. The van der Waals surface area contributed by atoms with Crippen molar-refractivity contribution in [3.05, 3.63) is 102 Å². The standard InChI is InChI=1S/C25H21N5O5S2/c31-22-16-36-24(30(22)15-20-3-1-14-35-20)18-6-4-17(5-7-18)23(32)28-19-8-10-21(11-9-19)37(33,34)29-25-26-12-2-13-27-25/h1-14,24H,15-16H2,(H,28,32)(H,26,27,29). The molecule has 2 aromatic carbocycles. The first kappa shape index (κ1) is 24.5. The number of sulfonamides is 1. The van der Waals surface area contributed by atoms with E-state index in [-0.39, 0.29) is 28.0 Å². The number of anilines is 2. The average Bonchev–Trinajstić information content (AvgIpc) is 3.55. The van der Waals surface area contributed by atoms with Crippen LogP contribution in [-0.4, -0.2) is 40.9 Å². The molecule has 188 valence electrons. The Bertz CT molecular complexity index is 1490. The van der Waals surface area contributed by atoms with Gasteiger partial charge in [-0.2, -0.15) is 0 Å². The molecule has 2 aromatic heterocycles. The molecule has 2 amide bonds. The van der Waals surface area contributed by atoms with Crippen LogP contribution in [0.2, 0.25) is 0 Å². The van der Waals surface area contributed by atoms with E-state index in [0.717, 1.165) is 5.56 Å². The van der Waals surface area contributed by atoms with Crippen LogP contribution in [-0.2, 0) is 21.4 Å². The van der Waals surface area contributed by atoms with E-state index in [1.807, 2.05) is 18.2 Å². The van der Waals surface area contributed by atoms with Gasteiger partial charge >= 0.3 is 0 Å². The number of hydrogen-bond donors (Lipinski definition) is 2. The molecule has 0 bridgehead atoms. The van der Waals surface area contributed by atoms with E-state index in [0.29, 0.717) is 29.3 Å². The molecule has 5 rings (SSSR count). The Kier molecular flexibility index (Phi) is 6.93. The molecule has 1 unspecified atom stereocenters. The molecule has 2 N–H and O–H groups in total. The van der Waals surface area contributed by atoms with Crippen molar-refractivity contribution >= 4 is 45.2 Å². The van der Waals surface area contributed by atoms with Crippen LogP contribution >= 0.6 is 11.8 Å². The summed E-state index contributed by atoms with van der Waals surface area (Å²) >= 11 is 1.53. The number of aromatic nitrogens is 2. The molecule has 0 aliphatic carbocycles. The van der Waals surface area contributed by atoms with Crippen LogP contribution < -0.4 is 10.0 Å². The zero-order chi connectivity index (χ0) is 25.8. The molecule has 3 heterocycles. The van der Waals surface area contributed by atoms with Gasteiger partial charge in [0, 0.05) is 23.6 Å². The number of rotatable bonds is 8. The smallest absolute Gasteiger partial charge is 0.264 e. The van der Waals surface area contributed by atoms with E-state index in [9.17, 15) is 18.0 Å². The number of carbonyl (C=O) groups is 2. The maximum absolute atomic E-state index is 12.8. The molecular formula is C25H21N5O5S2. The molecule has 1 atom stereocenters. The summed E-state index contributed by atoms with van der Waals surface area (Å²) in [5.41, 5.74) is 1.77. The predicted molar refractivity (Wildman–Crippen MR) is 138 cm³/mol. The third-order valence-corrected chi connectivity index (χ3v) is 8.15. The second-order valence-corrected chi connectivity index (χ2v) is 10.8. The highest BCUT2D eigenvalue weighted by Gasteiger charge is 2.33. The van der Waals surface area contributed by atoms with Crippen LogP contribution in [0.4, 0.5) is 11.6 Å². The SMILES string of the molecule is O=C(Nc1ccc(S(=O)(=O)Nc2ncccn2)cc1)c1ccc(C2SCC(=O)N2Cc2ccco2)cc1. The summed E-state index contributed by atoms with van der Waals surface area (Å²) in [5.74, 6) is 0.742. The lowest BCUT2D eigenvalue weighted by Gasteiger charge is -2.23. The van der Waals surface area contributed by atoms with Gasteiger partial charge in [0.05, 0.1) is 23.5 Å². The van der Waals surface area contributed by atoms with E-state index in [2.05, 4.69) is 20.0 Å². The van der Waals surface area contributed by atoms with Gasteiger partial charge < -0.3 is 14.6 Å². The Balaban J connectivity index is 1.23. The van der Waals surface area contributed by atoms with Crippen LogP contribution in [0.1, 0.15) is 27.1 Å². The number of amides is 2. The molecule has 37 heavy (non-hydrogen) atoms. The van der Waals surface area contributed by atoms with Crippen LogP contribution in [0.3, 0.4) is 0 Å². The normalized spacial score (nSPS) is 15.5. The Morgan fingerprint density at radius 1 is 1.03 bits per heavy atom. The fraction of sp³-hybridized carbons (Fsp3) is 0.120. The quantitative estimate of drug-likeness (QED) is 0.347. The predicted octanol–water partition coefficient (Wildman–Crippen LogP) is 3.90. The van der Waals surface area contributed by atoms with Gasteiger partial charge in [0.25, 0.3) is 15.9 Å². The van der Waals surface area contributed by atoms with E-state index >= 15 is 0 Å². The minimum Gasteiger partial charge on any atom is -0.467 e. The summed E-state index contributed by atoms with van der Waals surface area (Å²) in [6, 6.07) is 18.0. The Morgan fingerprint density at radius 3 is 2.43 bits per heavy atom.